The average Bonchev–Trinajstić information content (AvgIpc) is 3.23. The van der Waals surface area contributed by atoms with Crippen molar-refractivity contribution in [1.29, 1.82) is 0 Å². The first-order valence-electron chi connectivity index (χ1n) is 8.82. The molecule has 0 unspecified atom stereocenters. The summed E-state index contributed by atoms with van der Waals surface area (Å²) in [4.78, 5) is 11.4. The minimum atomic E-state index is -0.534. The molecular weight excluding hydrogens is 352 g/mol. The number of rotatable bonds is 5. The molecule has 1 amide bonds. The molecule has 6 heteroatoms. The summed E-state index contributed by atoms with van der Waals surface area (Å²) >= 11 is 0. The van der Waals surface area contributed by atoms with E-state index < -0.39 is 5.91 Å². The standard InChI is InChI=1S/C22H18N4O2/c27-22(24-28)20-8-6-16(7-9-20)14-26-15-21(23-25-26)19-12-10-18(11-13-19)17-4-2-1-3-5-17/h1-13,15,28H,14H2,(H,24,27). The van der Waals surface area contributed by atoms with Crippen LogP contribution in [0.1, 0.15) is 15.9 Å². The highest BCUT2D eigenvalue weighted by molar-refractivity contribution is 5.93. The van der Waals surface area contributed by atoms with Gasteiger partial charge in [-0.25, -0.2) is 10.2 Å². The maximum Gasteiger partial charge on any atom is 0.274 e. The number of hydrogen-bond donors (Lipinski definition) is 2. The molecule has 6 nitrogen and oxygen atoms in total. The molecule has 4 aromatic rings. The van der Waals surface area contributed by atoms with E-state index in [1.54, 1.807) is 22.3 Å². The molecule has 138 valence electrons. The molecule has 2 N–H and O–H groups in total. The van der Waals surface area contributed by atoms with Crippen LogP contribution in [0.25, 0.3) is 22.4 Å². The lowest BCUT2D eigenvalue weighted by Crippen LogP contribution is -2.18. The van der Waals surface area contributed by atoms with Gasteiger partial charge in [-0.15, -0.1) is 5.10 Å². The lowest BCUT2D eigenvalue weighted by molar-refractivity contribution is 0.0706. The number of benzene rings is 3. The molecule has 0 spiro atoms. The van der Waals surface area contributed by atoms with Gasteiger partial charge >= 0.3 is 0 Å². The molecule has 0 saturated heterocycles. The number of carbonyl (C=O) groups is 1. The van der Waals surface area contributed by atoms with Crippen molar-refractivity contribution in [3.05, 3.63) is 96.2 Å². The molecule has 0 atom stereocenters. The highest BCUT2D eigenvalue weighted by atomic mass is 16.5. The topological polar surface area (TPSA) is 80.0 Å². The summed E-state index contributed by atoms with van der Waals surface area (Å²) in [5, 5.41) is 17.1. The molecule has 0 bridgehead atoms. The van der Waals surface area contributed by atoms with Crippen molar-refractivity contribution in [3.63, 3.8) is 0 Å². The maximum atomic E-state index is 11.4. The molecule has 0 aliphatic rings. The van der Waals surface area contributed by atoms with Crippen LogP contribution >= 0.6 is 0 Å². The van der Waals surface area contributed by atoms with Crippen molar-refractivity contribution >= 4 is 5.91 Å². The fourth-order valence-electron chi connectivity index (χ4n) is 2.99. The van der Waals surface area contributed by atoms with Crippen LogP contribution in [0.3, 0.4) is 0 Å². The Bertz CT molecular complexity index is 1070. The lowest BCUT2D eigenvalue weighted by Gasteiger charge is -2.03. The third kappa shape index (κ3) is 3.82. The third-order valence-electron chi connectivity index (χ3n) is 4.49. The van der Waals surface area contributed by atoms with Gasteiger partial charge in [-0.3, -0.25) is 10.0 Å². The number of nitrogens with one attached hydrogen (secondary N) is 1. The summed E-state index contributed by atoms with van der Waals surface area (Å²) in [6, 6.07) is 25.4. The van der Waals surface area contributed by atoms with Crippen LogP contribution in [-0.4, -0.2) is 26.1 Å². The van der Waals surface area contributed by atoms with Crippen LogP contribution in [0, 0.1) is 0 Å². The predicted octanol–water partition coefficient (Wildman–Crippen LogP) is 3.78. The Morgan fingerprint density at radius 1 is 0.857 bits per heavy atom. The quantitative estimate of drug-likeness (QED) is 0.414. The van der Waals surface area contributed by atoms with Crippen molar-refractivity contribution < 1.29 is 10.0 Å². The monoisotopic (exact) mass is 370 g/mol. The molecular formula is C22H18N4O2. The van der Waals surface area contributed by atoms with Crippen LogP contribution in [-0.2, 0) is 6.54 Å². The Morgan fingerprint density at radius 3 is 2.18 bits per heavy atom. The highest BCUT2D eigenvalue weighted by Crippen LogP contribution is 2.23. The van der Waals surface area contributed by atoms with Gasteiger partial charge in [-0.2, -0.15) is 0 Å². The van der Waals surface area contributed by atoms with Crippen molar-refractivity contribution in [2.24, 2.45) is 0 Å². The van der Waals surface area contributed by atoms with Gasteiger partial charge in [0, 0.05) is 11.1 Å². The normalized spacial score (nSPS) is 10.6. The molecule has 1 heterocycles. The molecule has 0 fully saturated rings. The summed E-state index contributed by atoms with van der Waals surface area (Å²) < 4.78 is 1.75. The molecule has 28 heavy (non-hydrogen) atoms. The molecule has 0 saturated carbocycles. The van der Waals surface area contributed by atoms with E-state index in [9.17, 15) is 4.79 Å². The minimum absolute atomic E-state index is 0.393. The van der Waals surface area contributed by atoms with Crippen molar-refractivity contribution in [1.82, 2.24) is 20.5 Å². The number of hydroxylamine groups is 1. The molecule has 3 aromatic carbocycles. The van der Waals surface area contributed by atoms with Gasteiger partial charge in [0.1, 0.15) is 5.69 Å². The van der Waals surface area contributed by atoms with Crippen molar-refractivity contribution in [3.8, 4) is 22.4 Å². The first-order chi connectivity index (χ1) is 13.7. The van der Waals surface area contributed by atoms with Gasteiger partial charge in [-0.05, 0) is 28.8 Å². The fraction of sp³-hybridized carbons (Fsp3) is 0.0455. The summed E-state index contributed by atoms with van der Waals surface area (Å²) in [5.74, 6) is -0.534. The SMILES string of the molecule is O=C(NO)c1ccc(Cn2cc(-c3ccc(-c4ccccc4)cc3)nn2)cc1. The molecule has 0 aliphatic carbocycles. The molecule has 4 rings (SSSR count). The van der Waals surface area contributed by atoms with Crippen LogP contribution in [0.2, 0.25) is 0 Å². The Balaban J connectivity index is 1.47. The van der Waals surface area contributed by atoms with E-state index in [2.05, 4.69) is 34.6 Å². The average molecular weight is 370 g/mol. The minimum Gasteiger partial charge on any atom is -0.288 e. The van der Waals surface area contributed by atoms with Gasteiger partial charge < -0.3 is 0 Å². The van der Waals surface area contributed by atoms with E-state index in [-0.39, 0.29) is 0 Å². The number of aromatic nitrogens is 3. The van der Waals surface area contributed by atoms with Crippen LogP contribution in [0.15, 0.2) is 85.1 Å². The Labute approximate surface area is 162 Å². The second-order valence-corrected chi connectivity index (χ2v) is 6.38. The lowest BCUT2D eigenvalue weighted by atomic mass is 10.0. The number of hydrogen-bond acceptors (Lipinski definition) is 4. The summed E-state index contributed by atoms with van der Waals surface area (Å²) in [6.07, 6.45) is 1.89. The van der Waals surface area contributed by atoms with Gasteiger partial charge in [0.25, 0.3) is 5.91 Å². The van der Waals surface area contributed by atoms with E-state index in [0.29, 0.717) is 12.1 Å². The van der Waals surface area contributed by atoms with E-state index >= 15 is 0 Å². The largest absolute Gasteiger partial charge is 0.288 e. The van der Waals surface area contributed by atoms with E-state index in [1.807, 2.05) is 48.7 Å². The summed E-state index contributed by atoms with van der Waals surface area (Å²) in [5.41, 5.74) is 7.13. The predicted molar refractivity (Wildman–Crippen MR) is 106 cm³/mol. The van der Waals surface area contributed by atoms with Crippen LogP contribution < -0.4 is 5.48 Å². The number of amides is 1. The van der Waals surface area contributed by atoms with Gasteiger partial charge in [-0.1, -0.05) is 71.9 Å². The Kier molecular flexibility index (Phi) is 4.95. The molecule has 1 aromatic heterocycles. The second kappa shape index (κ2) is 7.85. The smallest absolute Gasteiger partial charge is 0.274 e. The first-order valence-corrected chi connectivity index (χ1v) is 8.82. The zero-order valence-electron chi connectivity index (χ0n) is 15.0. The summed E-state index contributed by atoms with van der Waals surface area (Å²) in [7, 11) is 0. The van der Waals surface area contributed by atoms with E-state index in [1.165, 1.54) is 5.56 Å². The first kappa shape index (κ1) is 17.6. The van der Waals surface area contributed by atoms with E-state index in [4.69, 9.17) is 5.21 Å². The van der Waals surface area contributed by atoms with Crippen LogP contribution in [0.5, 0.6) is 0 Å². The highest BCUT2D eigenvalue weighted by Gasteiger charge is 2.07. The Hall–Kier alpha value is -3.77. The molecule has 0 radical (unpaired) electrons. The zero-order valence-corrected chi connectivity index (χ0v) is 15.0. The number of nitrogens with zero attached hydrogens (tertiary/aromatic N) is 3. The van der Waals surface area contributed by atoms with Crippen molar-refractivity contribution in [2.45, 2.75) is 6.54 Å². The van der Waals surface area contributed by atoms with Gasteiger partial charge in [0.2, 0.25) is 0 Å². The van der Waals surface area contributed by atoms with Gasteiger partial charge in [0.15, 0.2) is 0 Å². The van der Waals surface area contributed by atoms with Crippen LogP contribution in [0.4, 0.5) is 0 Å². The van der Waals surface area contributed by atoms with E-state index in [0.717, 1.165) is 22.4 Å². The zero-order chi connectivity index (χ0) is 19.3. The van der Waals surface area contributed by atoms with Crippen molar-refractivity contribution in [2.75, 3.05) is 0 Å². The second-order valence-electron chi connectivity index (χ2n) is 6.38. The third-order valence-corrected chi connectivity index (χ3v) is 4.49. The molecule has 0 aliphatic heterocycles. The fourth-order valence-corrected chi connectivity index (χ4v) is 2.99. The Morgan fingerprint density at radius 2 is 1.50 bits per heavy atom. The van der Waals surface area contributed by atoms with Gasteiger partial charge in [0.05, 0.1) is 12.7 Å². The number of carbonyl (C=O) groups excluding carboxylic acids is 1. The maximum absolute atomic E-state index is 11.4. The summed E-state index contributed by atoms with van der Waals surface area (Å²) in [6.45, 7) is 0.538.